The van der Waals surface area contributed by atoms with Crippen molar-refractivity contribution in [3.63, 3.8) is 0 Å². The van der Waals surface area contributed by atoms with Crippen molar-refractivity contribution >= 4 is 33.4 Å². The molecule has 1 aliphatic rings. The van der Waals surface area contributed by atoms with E-state index in [1.807, 2.05) is 50.3 Å². The third kappa shape index (κ3) is 5.35. The maximum atomic E-state index is 12.0. The summed E-state index contributed by atoms with van der Waals surface area (Å²) in [6, 6.07) is 11.5. The Kier molecular flexibility index (Phi) is 6.80. The van der Waals surface area contributed by atoms with Gasteiger partial charge in [0.2, 0.25) is 0 Å². The monoisotopic (exact) mass is 474 g/mol. The van der Waals surface area contributed by atoms with Crippen LogP contribution in [0.25, 0.3) is 0 Å². The lowest BCUT2D eigenvalue weighted by atomic mass is 9.78. The molecular weight excluding hydrogens is 448 g/mol. The molecule has 0 aliphatic carbocycles. The van der Waals surface area contributed by atoms with Gasteiger partial charge in [0.1, 0.15) is 0 Å². The standard InChI is InChI=1S/C23H26N2O7S/c1-23(2)19(9-10-24-16-7-4-3-5-8-16)25(11-6-12-33(30,31)32)18-14-15(21(26)27)13-17(20(18)23)22(28)29/h3-5,7-10,13-14,19,24H,6,11-12H2,1-2H3,(H,26,27)(H,28,29)(H,30,31,32)/b10-9+. The molecule has 0 aromatic heterocycles. The fourth-order valence-corrected chi connectivity index (χ4v) is 4.79. The molecule has 0 saturated heterocycles. The molecule has 0 amide bonds. The number of aromatic carboxylic acids is 2. The summed E-state index contributed by atoms with van der Waals surface area (Å²) in [4.78, 5) is 25.5. The van der Waals surface area contributed by atoms with E-state index in [2.05, 4.69) is 5.32 Å². The molecule has 9 nitrogen and oxygen atoms in total. The Bertz CT molecular complexity index is 1190. The van der Waals surface area contributed by atoms with Crippen LogP contribution in [0.3, 0.4) is 0 Å². The topological polar surface area (TPSA) is 144 Å². The van der Waals surface area contributed by atoms with Gasteiger partial charge in [-0.25, -0.2) is 9.59 Å². The summed E-state index contributed by atoms with van der Waals surface area (Å²) >= 11 is 0. The molecule has 0 bridgehead atoms. The quantitative estimate of drug-likeness (QED) is 0.402. The van der Waals surface area contributed by atoms with Crippen molar-refractivity contribution in [1.82, 2.24) is 0 Å². The molecule has 3 rings (SSSR count). The number of fused-ring (bicyclic) bond motifs is 1. The Morgan fingerprint density at radius 1 is 1.12 bits per heavy atom. The number of hydrogen-bond donors (Lipinski definition) is 4. The highest BCUT2D eigenvalue weighted by Crippen LogP contribution is 2.48. The van der Waals surface area contributed by atoms with E-state index in [1.165, 1.54) is 6.07 Å². The predicted molar refractivity (Wildman–Crippen MR) is 125 cm³/mol. The maximum Gasteiger partial charge on any atom is 0.336 e. The summed E-state index contributed by atoms with van der Waals surface area (Å²) < 4.78 is 31.6. The van der Waals surface area contributed by atoms with Crippen LogP contribution in [0.2, 0.25) is 0 Å². The van der Waals surface area contributed by atoms with Gasteiger partial charge in [-0.1, -0.05) is 32.0 Å². The molecule has 1 atom stereocenters. The SMILES string of the molecule is CC1(C)c2c(C(=O)O)cc(C(=O)O)cc2N(CCCS(=O)(=O)O)C1/C=C/Nc1ccccc1. The number of carbonyl (C=O) groups is 2. The number of nitrogens with one attached hydrogen (secondary N) is 1. The van der Waals surface area contributed by atoms with Gasteiger partial charge in [0.05, 0.1) is 22.9 Å². The third-order valence-corrected chi connectivity index (χ3v) is 6.53. The van der Waals surface area contributed by atoms with Crippen molar-refractivity contribution in [2.24, 2.45) is 0 Å². The second kappa shape index (κ2) is 9.24. The Hall–Kier alpha value is -3.37. The van der Waals surface area contributed by atoms with Gasteiger partial charge in [0.25, 0.3) is 10.1 Å². The first-order valence-electron chi connectivity index (χ1n) is 10.3. The minimum atomic E-state index is -4.18. The van der Waals surface area contributed by atoms with Gasteiger partial charge in [0.15, 0.2) is 0 Å². The molecule has 176 valence electrons. The van der Waals surface area contributed by atoms with E-state index in [4.69, 9.17) is 4.55 Å². The van der Waals surface area contributed by atoms with E-state index in [-0.39, 0.29) is 24.1 Å². The highest BCUT2D eigenvalue weighted by atomic mass is 32.2. The predicted octanol–water partition coefficient (Wildman–Crippen LogP) is 3.45. The summed E-state index contributed by atoms with van der Waals surface area (Å²) in [5.74, 6) is -2.98. The van der Waals surface area contributed by atoms with Gasteiger partial charge in [-0.15, -0.1) is 0 Å². The Morgan fingerprint density at radius 3 is 2.36 bits per heavy atom. The molecule has 1 aliphatic heterocycles. The maximum absolute atomic E-state index is 12.0. The summed E-state index contributed by atoms with van der Waals surface area (Å²) in [6.07, 6.45) is 3.64. The van der Waals surface area contributed by atoms with Crippen LogP contribution >= 0.6 is 0 Å². The van der Waals surface area contributed by atoms with Crippen molar-refractivity contribution < 1.29 is 32.8 Å². The van der Waals surface area contributed by atoms with Crippen LogP contribution in [0.4, 0.5) is 11.4 Å². The lowest BCUT2D eigenvalue weighted by molar-refractivity contribution is 0.0694. The van der Waals surface area contributed by atoms with Gasteiger partial charge < -0.3 is 20.4 Å². The molecule has 33 heavy (non-hydrogen) atoms. The van der Waals surface area contributed by atoms with Gasteiger partial charge in [-0.3, -0.25) is 4.55 Å². The zero-order chi connectivity index (χ0) is 24.4. The molecule has 4 N–H and O–H groups in total. The molecule has 2 aromatic rings. The molecule has 0 spiro atoms. The molecule has 2 aromatic carbocycles. The molecule has 0 fully saturated rings. The van der Waals surface area contributed by atoms with Gasteiger partial charge in [0, 0.05) is 23.3 Å². The van der Waals surface area contributed by atoms with Crippen LogP contribution in [-0.2, 0) is 15.5 Å². The number of nitrogens with zero attached hydrogens (tertiary/aromatic N) is 1. The van der Waals surface area contributed by atoms with Gasteiger partial charge >= 0.3 is 11.9 Å². The Labute approximate surface area is 192 Å². The van der Waals surface area contributed by atoms with E-state index in [0.29, 0.717) is 11.3 Å². The average molecular weight is 475 g/mol. The second-order valence-corrected chi connectivity index (χ2v) is 9.97. The van der Waals surface area contributed by atoms with Gasteiger partial charge in [-0.05, 0) is 48.5 Å². The number of rotatable bonds is 9. The van der Waals surface area contributed by atoms with Crippen molar-refractivity contribution in [2.45, 2.75) is 31.7 Å². The highest BCUT2D eigenvalue weighted by molar-refractivity contribution is 7.85. The lowest BCUT2D eigenvalue weighted by Crippen LogP contribution is -2.41. The molecule has 1 heterocycles. The zero-order valence-corrected chi connectivity index (χ0v) is 19.0. The first-order valence-corrected chi connectivity index (χ1v) is 11.9. The summed E-state index contributed by atoms with van der Waals surface area (Å²) in [6.45, 7) is 3.89. The smallest absolute Gasteiger partial charge is 0.336 e. The van der Waals surface area contributed by atoms with Crippen LogP contribution in [-0.4, -0.2) is 53.5 Å². The van der Waals surface area contributed by atoms with Crippen molar-refractivity contribution in [3.05, 3.63) is 71.4 Å². The largest absolute Gasteiger partial charge is 0.478 e. The normalized spacial score (nSPS) is 17.2. The first-order chi connectivity index (χ1) is 15.4. The van der Waals surface area contributed by atoms with Crippen molar-refractivity contribution in [3.8, 4) is 0 Å². The molecule has 0 saturated carbocycles. The highest BCUT2D eigenvalue weighted by Gasteiger charge is 2.46. The molecule has 0 radical (unpaired) electrons. The van der Waals surface area contributed by atoms with Crippen molar-refractivity contribution in [2.75, 3.05) is 22.5 Å². The molecular formula is C23H26N2O7S. The van der Waals surface area contributed by atoms with E-state index < -0.39 is 39.3 Å². The third-order valence-electron chi connectivity index (χ3n) is 5.73. The lowest BCUT2D eigenvalue weighted by Gasteiger charge is -2.32. The van der Waals surface area contributed by atoms with Crippen LogP contribution < -0.4 is 10.2 Å². The minimum absolute atomic E-state index is 0.0739. The van der Waals surface area contributed by atoms with E-state index in [0.717, 1.165) is 11.8 Å². The zero-order valence-electron chi connectivity index (χ0n) is 18.2. The number of hydrogen-bond acceptors (Lipinski definition) is 6. The van der Waals surface area contributed by atoms with E-state index in [9.17, 15) is 28.2 Å². The minimum Gasteiger partial charge on any atom is -0.478 e. The van der Waals surface area contributed by atoms with E-state index in [1.54, 1.807) is 11.1 Å². The van der Waals surface area contributed by atoms with Crippen molar-refractivity contribution in [1.29, 1.82) is 0 Å². The summed E-state index contributed by atoms with van der Waals surface area (Å²) in [5, 5.41) is 22.5. The number of anilines is 2. The number of para-hydroxylation sites is 1. The van der Waals surface area contributed by atoms with Crippen LogP contribution in [0.5, 0.6) is 0 Å². The first kappa shape index (κ1) is 24.3. The average Bonchev–Trinajstić information content (AvgIpc) is 2.94. The molecule has 1 unspecified atom stereocenters. The number of carboxylic acids is 2. The Balaban J connectivity index is 2.06. The van der Waals surface area contributed by atoms with Crippen LogP contribution in [0.1, 0.15) is 46.5 Å². The summed E-state index contributed by atoms with van der Waals surface area (Å²) in [7, 11) is -4.18. The summed E-state index contributed by atoms with van der Waals surface area (Å²) in [5.41, 5.74) is 0.713. The van der Waals surface area contributed by atoms with Crippen LogP contribution in [0, 0.1) is 0 Å². The van der Waals surface area contributed by atoms with Crippen LogP contribution in [0.15, 0.2) is 54.7 Å². The fourth-order valence-electron chi connectivity index (χ4n) is 4.30. The number of benzene rings is 2. The number of carboxylic acid groups (broad SMARTS) is 2. The molecule has 10 heteroatoms. The second-order valence-electron chi connectivity index (χ2n) is 8.40. The fraction of sp³-hybridized carbons (Fsp3) is 0.304. The van der Waals surface area contributed by atoms with E-state index >= 15 is 0 Å². The van der Waals surface area contributed by atoms with Gasteiger partial charge in [-0.2, -0.15) is 8.42 Å². The Morgan fingerprint density at radius 2 is 1.79 bits per heavy atom.